The number of carboxylic acid groups (broad SMARTS) is 1. The summed E-state index contributed by atoms with van der Waals surface area (Å²) in [6.45, 7) is -0.0313. The predicted octanol–water partition coefficient (Wildman–Crippen LogP) is 2.46. The molecule has 2 rings (SSSR count). The maximum Gasteiger partial charge on any atom is 0.328 e. The number of pyridine rings is 1. The zero-order valence-corrected chi connectivity index (χ0v) is 10.6. The molecule has 0 bridgehead atoms. The summed E-state index contributed by atoms with van der Waals surface area (Å²) in [5.74, 6) is -0.153. The van der Waals surface area contributed by atoms with Gasteiger partial charge in [0.25, 0.3) is 0 Å². The molecule has 0 saturated heterocycles. The van der Waals surface area contributed by atoms with Crippen LogP contribution in [0.25, 0.3) is 6.08 Å². The number of hydrogen-bond donors (Lipinski definition) is 2. The highest BCUT2D eigenvalue weighted by molar-refractivity contribution is 5.85. The minimum absolute atomic E-state index is 0.0313. The number of carbonyl (C=O) groups is 1. The summed E-state index contributed by atoms with van der Waals surface area (Å²) in [4.78, 5) is 14.6. The largest absolute Gasteiger partial charge is 0.478 e. The maximum absolute atomic E-state index is 10.5. The monoisotopic (exact) mass is 271 g/mol. The van der Waals surface area contributed by atoms with Crippen molar-refractivity contribution in [3.05, 3.63) is 59.8 Å². The SMILES string of the molecule is O=C(O)/C=C/c1cccnc1Oc1ccc(CO)cc1. The Balaban J connectivity index is 2.21. The van der Waals surface area contributed by atoms with Crippen LogP contribution in [-0.4, -0.2) is 21.2 Å². The van der Waals surface area contributed by atoms with Crippen molar-refractivity contribution in [2.45, 2.75) is 6.61 Å². The van der Waals surface area contributed by atoms with Crippen LogP contribution in [0.4, 0.5) is 0 Å². The summed E-state index contributed by atoms with van der Waals surface area (Å²) in [6, 6.07) is 10.3. The average molecular weight is 271 g/mol. The molecule has 0 atom stereocenters. The number of ether oxygens (including phenoxy) is 1. The molecule has 0 unspecified atom stereocenters. The molecule has 0 saturated carbocycles. The van der Waals surface area contributed by atoms with E-state index in [0.717, 1.165) is 11.6 Å². The molecule has 0 aliphatic carbocycles. The molecule has 2 N–H and O–H groups in total. The van der Waals surface area contributed by atoms with E-state index in [1.807, 2.05) is 0 Å². The van der Waals surface area contributed by atoms with Gasteiger partial charge in [0.2, 0.25) is 5.88 Å². The summed E-state index contributed by atoms with van der Waals surface area (Å²) >= 11 is 0. The minimum Gasteiger partial charge on any atom is -0.478 e. The highest BCUT2D eigenvalue weighted by Crippen LogP contribution is 2.24. The normalized spacial score (nSPS) is 10.7. The number of aliphatic carboxylic acids is 1. The van der Waals surface area contributed by atoms with Crippen molar-refractivity contribution in [3.63, 3.8) is 0 Å². The van der Waals surface area contributed by atoms with E-state index in [0.29, 0.717) is 17.2 Å². The number of nitrogens with zero attached hydrogens (tertiary/aromatic N) is 1. The lowest BCUT2D eigenvalue weighted by atomic mass is 10.2. The van der Waals surface area contributed by atoms with Gasteiger partial charge in [0.15, 0.2) is 0 Å². The van der Waals surface area contributed by atoms with E-state index >= 15 is 0 Å². The number of hydrogen-bond acceptors (Lipinski definition) is 4. The number of aliphatic hydroxyl groups excluding tert-OH is 1. The van der Waals surface area contributed by atoms with Gasteiger partial charge in [0, 0.05) is 17.8 Å². The van der Waals surface area contributed by atoms with Crippen molar-refractivity contribution in [2.75, 3.05) is 0 Å². The first kappa shape index (κ1) is 13.8. The van der Waals surface area contributed by atoms with Crippen molar-refractivity contribution in [1.29, 1.82) is 0 Å². The molecule has 5 heteroatoms. The zero-order valence-electron chi connectivity index (χ0n) is 10.6. The quantitative estimate of drug-likeness (QED) is 0.816. The van der Waals surface area contributed by atoms with Crippen molar-refractivity contribution >= 4 is 12.0 Å². The maximum atomic E-state index is 10.5. The molecule has 0 radical (unpaired) electrons. The van der Waals surface area contributed by atoms with Crippen LogP contribution < -0.4 is 4.74 Å². The van der Waals surface area contributed by atoms with E-state index in [4.69, 9.17) is 14.9 Å². The Morgan fingerprint density at radius 2 is 2.00 bits per heavy atom. The van der Waals surface area contributed by atoms with E-state index in [1.165, 1.54) is 6.08 Å². The molecule has 20 heavy (non-hydrogen) atoms. The van der Waals surface area contributed by atoms with Gasteiger partial charge < -0.3 is 14.9 Å². The van der Waals surface area contributed by atoms with Gasteiger partial charge >= 0.3 is 5.97 Å². The fraction of sp³-hybridized carbons (Fsp3) is 0.0667. The first-order valence-corrected chi connectivity index (χ1v) is 5.92. The van der Waals surface area contributed by atoms with Crippen molar-refractivity contribution in [1.82, 2.24) is 4.98 Å². The standard InChI is InChI=1S/C15H13NO4/c17-10-11-3-6-13(7-4-11)20-15-12(2-1-9-16-15)5-8-14(18)19/h1-9,17H,10H2,(H,18,19)/b8-5+. The highest BCUT2D eigenvalue weighted by atomic mass is 16.5. The second kappa shape index (κ2) is 6.49. The number of rotatable bonds is 5. The van der Waals surface area contributed by atoms with E-state index in [9.17, 15) is 4.79 Å². The first-order chi connectivity index (χ1) is 9.69. The molecular formula is C15H13NO4. The third-order valence-corrected chi connectivity index (χ3v) is 2.53. The lowest BCUT2D eigenvalue weighted by Crippen LogP contribution is -1.92. The molecule has 5 nitrogen and oxygen atoms in total. The van der Waals surface area contributed by atoms with Gasteiger partial charge in [-0.1, -0.05) is 12.1 Å². The number of benzene rings is 1. The molecule has 0 amide bonds. The molecular weight excluding hydrogens is 258 g/mol. The van der Waals surface area contributed by atoms with E-state index in [1.54, 1.807) is 42.6 Å². The molecule has 0 aliphatic heterocycles. The molecule has 1 heterocycles. The summed E-state index contributed by atoms with van der Waals surface area (Å²) in [7, 11) is 0. The summed E-state index contributed by atoms with van der Waals surface area (Å²) in [5.41, 5.74) is 1.35. The van der Waals surface area contributed by atoms with Gasteiger partial charge in [-0.15, -0.1) is 0 Å². The predicted molar refractivity (Wildman–Crippen MR) is 73.3 cm³/mol. The number of aromatic nitrogens is 1. The summed E-state index contributed by atoms with van der Waals surface area (Å²) in [6.07, 6.45) is 4.01. The molecule has 102 valence electrons. The smallest absolute Gasteiger partial charge is 0.328 e. The second-order valence-corrected chi connectivity index (χ2v) is 3.97. The van der Waals surface area contributed by atoms with Crippen LogP contribution in [0.5, 0.6) is 11.6 Å². The summed E-state index contributed by atoms with van der Waals surface area (Å²) in [5, 5.41) is 17.6. The first-order valence-electron chi connectivity index (χ1n) is 5.92. The topological polar surface area (TPSA) is 79.7 Å². The van der Waals surface area contributed by atoms with Gasteiger partial charge in [-0.3, -0.25) is 0 Å². The fourth-order valence-electron chi connectivity index (χ4n) is 1.55. The van der Waals surface area contributed by atoms with Gasteiger partial charge in [-0.2, -0.15) is 0 Å². The van der Waals surface area contributed by atoms with Gasteiger partial charge in [0.05, 0.1) is 6.61 Å². The minimum atomic E-state index is -1.04. The Morgan fingerprint density at radius 1 is 1.25 bits per heavy atom. The number of aliphatic hydroxyl groups is 1. The Morgan fingerprint density at radius 3 is 2.65 bits per heavy atom. The van der Waals surface area contributed by atoms with Crippen LogP contribution in [0.3, 0.4) is 0 Å². The van der Waals surface area contributed by atoms with Crippen molar-refractivity contribution < 1.29 is 19.7 Å². The van der Waals surface area contributed by atoms with Crippen LogP contribution in [0.1, 0.15) is 11.1 Å². The zero-order chi connectivity index (χ0) is 14.4. The van der Waals surface area contributed by atoms with Crippen LogP contribution in [0.15, 0.2) is 48.7 Å². The molecule has 0 aliphatic rings. The van der Waals surface area contributed by atoms with Crippen molar-refractivity contribution in [3.8, 4) is 11.6 Å². The van der Waals surface area contributed by atoms with Crippen LogP contribution >= 0.6 is 0 Å². The van der Waals surface area contributed by atoms with Crippen LogP contribution in [-0.2, 0) is 11.4 Å². The Bertz CT molecular complexity index is 620. The highest BCUT2D eigenvalue weighted by Gasteiger charge is 2.04. The van der Waals surface area contributed by atoms with Gasteiger partial charge in [-0.25, -0.2) is 9.78 Å². The van der Waals surface area contributed by atoms with E-state index in [2.05, 4.69) is 4.98 Å². The third kappa shape index (κ3) is 3.66. The Kier molecular flexibility index (Phi) is 4.47. The van der Waals surface area contributed by atoms with Gasteiger partial charge in [0.1, 0.15) is 5.75 Å². The molecule has 0 spiro atoms. The fourth-order valence-corrected chi connectivity index (χ4v) is 1.55. The molecule has 1 aromatic carbocycles. The molecule has 1 aromatic heterocycles. The molecule has 2 aromatic rings. The third-order valence-electron chi connectivity index (χ3n) is 2.53. The second-order valence-electron chi connectivity index (χ2n) is 3.97. The van der Waals surface area contributed by atoms with E-state index in [-0.39, 0.29) is 6.61 Å². The number of carboxylic acids is 1. The van der Waals surface area contributed by atoms with Gasteiger partial charge in [-0.05, 0) is 35.9 Å². The van der Waals surface area contributed by atoms with E-state index < -0.39 is 5.97 Å². The van der Waals surface area contributed by atoms with Crippen LogP contribution in [0.2, 0.25) is 0 Å². The summed E-state index contributed by atoms with van der Waals surface area (Å²) < 4.78 is 5.60. The lowest BCUT2D eigenvalue weighted by Gasteiger charge is -2.07. The Hall–Kier alpha value is -2.66. The Labute approximate surface area is 115 Å². The lowest BCUT2D eigenvalue weighted by molar-refractivity contribution is -0.131. The van der Waals surface area contributed by atoms with Crippen LogP contribution in [0, 0.1) is 0 Å². The molecule has 0 fully saturated rings. The average Bonchev–Trinajstić information content (AvgIpc) is 2.47. The van der Waals surface area contributed by atoms with Crippen molar-refractivity contribution in [2.24, 2.45) is 0 Å².